The maximum absolute atomic E-state index is 11.8. The topological polar surface area (TPSA) is 72.8 Å². The standard InChI is InChI=1S/C15H18O5/c1-2-20-14(18)15(13(16)17)8-12(15)10-19-9-11-6-4-3-5-7-11/h3-7,12H,2,8-10H2,1H3,(H,16,17). The fourth-order valence-electron chi connectivity index (χ4n) is 2.28. The lowest BCUT2D eigenvalue weighted by Crippen LogP contribution is -2.30. The van der Waals surface area contributed by atoms with Crippen molar-refractivity contribution in [1.82, 2.24) is 0 Å². The summed E-state index contributed by atoms with van der Waals surface area (Å²) in [6.45, 7) is 2.51. The molecule has 2 unspecified atom stereocenters. The molecule has 2 rings (SSSR count). The zero-order valence-corrected chi connectivity index (χ0v) is 11.4. The molecule has 0 aromatic heterocycles. The molecule has 0 amide bonds. The maximum Gasteiger partial charge on any atom is 0.323 e. The van der Waals surface area contributed by atoms with E-state index in [9.17, 15) is 14.7 Å². The fourth-order valence-corrected chi connectivity index (χ4v) is 2.28. The Morgan fingerprint density at radius 1 is 1.35 bits per heavy atom. The Labute approximate surface area is 117 Å². The van der Waals surface area contributed by atoms with Crippen LogP contribution < -0.4 is 0 Å². The summed E-state index contributed by atoms with van der Waals surface area (Å²) in [5.41, 5.74) is -0.377. The molecular formula is C15H18O5. The minimum Gasteiger partial charge on any atom is -0.480 e. The van der Waals surface area contributed by atoms with E-state index in [4.69, 9.17) is 9.47 Å². The van der Waals surface area contributed by atoms with Gasteiger partial charge in [0.2, 0.25) is 0 Å². The Kier molecular flexibility index (Phi) is 4.39. The van der Waals surface area contributed by atoms with Gasteiger partial charge in [-0.2, -0.15) is 0 Å². The average Bonchev–Trinajstić information content (AvgIpc) is 3.16. The van der Waals surface area contributed by atoms with E-state index in [1.807, 2.05) is 30.3 Å². The number of ether oxygens (including phenoxy) is 2. The van der Waals surface area contributed by atoms with Crippen LogP contribution in [0.15, 0.2) is 30.3 Å². The van der Waals surface area contributed by atoms with Gasteiger partial charge in [0.05, 0.1) is 19.8 Å². The maximum atomic E-state index is 11.8. The molecule has 108 valence electrons. The lowest BCUT2D eigenvalue weighted by atomic mass is 10.1. The molecule has 1 N–H and O–H groups in total. The summed E-state index contributed by atoms with van der Waals surface area (Å²) < 4.78 is 10.4. The number of esters is 1. The number of carboxylic acid groups (broad SMARTS) is 1. The van der Waals surface area contributed by atoms with Crippen LogP contribution in [0.1, 0.15) is 18.9 Å². The highest BCUT2D eigenvalue weighted by Crippen LogP contribution is 2.54. The highest BCUT2D eigenvalue weighted by atomic mass is 16.5. The summed E-state index contributed by atoms with van der Waals surface area (Å²) in [6, 6.07) is 9.61. The smallest absolute Gasteiger partial charge is 0.323 e. The van der Waals surface area contributed by atoms with Gasteiger partial charge in [0.15, 0.2) is 5.41 Å². The number of carbonyl (C=O) groups excluding carboxylic acids is 1. The summed E-state index contributed by atoms with van der Waals surface area (Å²) in [7, 11) is 0. The predicted octanol–water partition coefficient (Wildman–Crippen LogP) is 1.86. The van der Waals surface area contributed by atoms with Crippen LogP contribution in [0.25, 0.3) is 0 Å². The van der Waals surface area contributed by atoms with Crippen molar-refractivity contribution in [2.24, 2.45) is 11.3 Å². The first-order valence-corrected chi connectivity index (χ1v) is 6.63. The third kappa shape index (κ3) is 2.82. The summed E-state index contributed by atoms with van der Waals surface area (Å²) in [6.07, 6.45) is 0.288. The average molecular weight is 278 g/mol. The van der Waals surface area contributed by atoms with Gasteiger partial charge in [-0.05, 0) is 18.9 Å². The molecule has 1 saturated carbocycles. The summed E-state index contributed by atoms with van der Waals surface area (Å²) in [5.74, 6) is -2.08. The third-order valence-electron chi connectivity index (χ3n) is 3.56. The summed E-state index contributed by atoms with van der Waals surface area (Å²) >= 11 is 0. The molecule has 1 aliphatic rings. The lowest BCUT2D eigenvalue weighted by Gasteiger charge is -2.11. The molecule has 0 aliphatic heterocycles. The van der Waals surface area contributed by atoms with E-state index in [1.165, 1.54) is 0 Å². The van der Waals surface area contributed by atoms with Crippen LogP contribution in [0.5, 0.6) is 0 Å². The van der Waals surface area contributed by atoms with Crippen molar-refractivity contribution in [2.75, 3.05) is 13.2 Å². The molecule has 20 heavy (non-hydrogen) atoms. The Hall–Kier alpha value is -1.88. The van der Waals surface area contributed by atoms with E-state index in [-0.39, 0.29) is 25.6 Å². The normalized spacial score (nSPS) is 24.1. The molecule has 0 heterocycles. The van der Waals surface area contributed by atoms with Gasteiger partial charge in [-0.1, -0.05) is 30.3 Å². The quantitative estimate of drug-likeness (QED) is 0.608. The highest BCUT2D eigenvalue weighted by molar-refractivity contribution is 6.03. The van der Waals surface area contributed by atoms with Crippen LogP contribution >= 0.6 is 0 Å². The van der Waals surface area contributed by atoms with Gasteiger partial charge >= 0.3 is 11.9 Å². The van der Waals surface area contributed by atoms with Crippen LogP contribution in [0.3, 0.4) is 0 Å². The van der Waals surface area contributed by atoms with Crippen LogP contribution in [-0.4, -0.2) is 30.3 Å². The van der Waals surface area contributed by atoms with Gasteiger partial charge in [-0.25, -0.2) is 0 Å². The number of carbonyl (C=O) groups is 2. The molecular weight excluding hydrogens is 260 g/mol. The van der Waals surface area contributed by atoms with Gasteiger partial charge in [-0.3, -0.25) is 9.59 Å². The van der Waals surface area contributed by atoms with E-state index in [2.05, 4.69) is 0 Å². The molecule has 1 fully saturated rings. The molecule has 1 aliphatic carbocycles. The number of carboxylic acids is 1. The van der Waals surface area contributed by atoms with Crippen LogP contribution in [0.2, 0.25) is 0 Å². The van der Waals surface area contributed by atoms with Crippen molar-refractivity contribution in [3.8, 4) is 0 Å². The van der Waals surface area contributed by atoms with Crippen LogP contribution in [-0.2, 0) is 25.7 Å². The van der Waals surface area contributed by atoms with Gasteiger partial charge in [0, 0.05) is 5.92 Å². The first kappa shape index (κ1) is 14.5. The van der Waals surface area contributed by atoms with E-state index >= 15 is 0 Å². The molecule has 2 atom stereocenters. The number of rotatable bonds is 7. The highest BCUT2D eigenvalue weighted by Gasteiger charge is 2.67. The van der Waals surface area contributed by atoms with Gasteiger partial charge < -0.3 is 14.6 Å². The van der Waals surface area contributed by atoms with Crippen molar-refractivity contribution in [1.29, 1.82) is 0 Å². The zero-order chi connectivity index (χ0) is 14.6. The van der Waals surface area contributed by atoms with Crippen LogP contribution in [0, 0.1) is 11.3 Å². The van der Waals surface area contributed by atoms with E-state index < -0.39 is 17.4 Å². The van der Waals surface area contributed by atoms with Crippen molar-refractivity contribution in [3.05, 3.63) is 35.9 Å². The van der Waals surface area contributed by atoms with Crippen molar-refractivity contribution < 1.29 is 24.2 Å². The largest absolute Gasteiger partial charge is 0.480 e. The minimum atomic E-state index is -1.40. The Balaban J connectivity index is 1.86. The van der Waals surface area contributed by atoms with Crippen molar-refractivity contribution in [2.45, 2.75) is 20.0 Å². The van der Waals surface area contributed by atoms with Gasteiger partial charge in [-0.15, -0.1) is 0 Å². The van der Waals surface area contributed by atoms with E-state index in [0.717, 1.165) is 5.56 Å². The minimum absolute atomic E-state index is 0.186. The molecule has 0 bridgehead atoms. The number of benzene rings is 1. The first-order valence-electron chi connectivity index (χ1n) is 6.63. The Bertz CT molecular complexity index is 484. The molecule has 0 saturated heterocycles. The van der Waals surface area contributed by atoms with Crippen molar-refractivity contribution >= 4 is 11.9 Å². The lowest BCUT2D eigenvalue weighted by molar-refractivity contribution is -0.162. The molecule has 1 aromatic carbocycles. The SMILES string of the molecule is CCOC(=O)C1(C(=O)O)CC1COCc1ccccc1. The molecule has 5 nitrogen and oxygen atoms in total. The Morgan fingerprint density at radius 3 is 2.65 bits per heavy atom. The van der Waals surface area contributed by atoms with Gasteiger partial charge in [0.25, 0.3) is 0 Å². The second-order valence-electron chi connectivity index (χ2n) is 4.90. The Morgan fingerprint density at radius 2 is 2.05 bits per heavy atom. The van der Waals surface area contributed by atoms with Gasteiger partial charge in [0.1, 0.15) is 0 Å². The molecule has 1 aromatic rings. The summed E-state index contributed by atoms with van der Waals surface area (Å²) in [5, 5.41) is 9.23. The zero-order valence-electron chi connectivity index (χ0n) is 11.4. The monoisotopic (exact) mass is 278 g/mol. The number of hydrogen-bond donors (Lipinski definition) is 1. The number of hydrogen-bond acceptors (Lipinski definition) is 4. The second-order valence-corrected chi connectivity index (χ2v) is 4.90. The second kappa shape index (κ2) is 6.05. The van der Waals surface area contributed by atoms with Crippen LogP contribution in [0.4, 0.5) is 0 Å². The number of aliphatic carboxylic acids is 1. The third-order valence-corrected chi connectivity index (χ3v) is 3.56. The van der Waals surface area contributed by atoms with Crippen molar-refractivity contribution in [3.63, 3.8) is 0 Å². The summed E-state index contributed by atoms with van der Waals surface area (Å²) in [4.78, 5) is 23.0. The molecule has 5 heteroatoms. The fraction of sp³-hybridized carbons (Fsp3) is 0.467. The predicted molar refractivity (Wildman–Crippen MR) is 70.9 cm³/mol. The first-order chi connectivity index (χ1) is 9.61. The van der Waals surface area contributed by atoms with E-state index in [0.29, 0.717) is 6.61 Å². The molecule has 0 spiro atoms. The van der Waals surface area contributed by atoms with E-state index in [1.54, 1.807) is 6.92 Å². The molecule has 0 radical (unpaired) electrons.